The zero-order chi connectivity index (χ0) is 13.1. The van der Waals surface area contributed by atoms with Gasteiger partial charge in [0.1, 0.15) is 0 Å². The first-order chi connectivity index (χ1) is 7.84. The van der Waals surface area contributed by atoms with E-state index in [1.165, 1.54) is 12.1 Å². The van der Waals surface area contributed by atoms with Gasteiger partial charge in [0.2, 0.25) is 5.91 Å². The average Bonchev–Trinajstić information content (AvgIpc) is 2.20. The van der Waals surface area contributed by atoms with Gasteiger partial charge in [-0.2, -0.15) is 0 Å². The third-order valence-electron chi connectivity index (χ3n) is 2.23. The second-order valence-corrected chi connectivity index (χ2v) is 6.54. The molecule has 1 N–H and O–H groups in total. The van der Waals surface area contributed by atoms with Gasteiger partial charge in [-0.15, -0.1) is 0 Å². The molecule has 0 radical (unpaired) electrons. The molecule has 0 spiro atoms. The van der Waals surface area contributed by atoms with Crippen molar-refractivity contribution in [2.75, 3.05) is 16.9 Å². The number of anilines is 1. The molecule has 1 amide bonds. The van der Waals surface area contributed by atoms with Crippen LogP contribution in [0.5, 0.6) is 0 Å². The van der Waals surface area contributed by atoms with Crippen molar-refractivity contribution in [1.82, 2.24) is 0 Å². The minimum Gasteiger partial charge on any atom is -0.326 e. The topological polar surface area (TPSA) is 63.2 Å². The summed E-state index contributed by atoms with van der Waals surface area (Å²) in [7, 11) is -3.25. The first-order valence-electron chi connectivity index (χ1n) is 5.01. The summed E-state index contributed by atoms with van der Waals surface area (Å²) in [6.45, 7) is 1.82. The summed E-state index contributed by atoms with van der Waals surface area (Å²) in [5.74, 6) is -0.143. The van der Waals surface area contributed by atoms with Crippen LogP contribution in [-0.2, 0) is 14.6 Å². The Hall–Kier alpha value is -0.880. The van der Waals surface area contributed by atoms with E-state index >= 15 is 0 Å². The van der Waals surface area contributed by atoms with E-state index in [-0.39, 0.29) is 10.8 Å². The van der Waals surface area contributed by atoms with Crippen molar-refractivity contribution in [2.45, 2.75) is 18.2 Å². The molecule has 1 rings (SSSR count). The van der Waals surface area contributed by atoms with Crippen LogP contribution in [0, 0.1) is 6.92 Å². The number of hydrogen-bond donors (Lipinski definition) is 1. The van der Waals surface area contributed by atoms with Gasteiger partial charge in [0.05, 0.1) is 4.90 Å². The Labute approximate surface area is 109 Å². The lowest BCUT2D eigenvalue weighted by Crippen LogP contribution is -2.13. The van der Waals surface area contributed by atoms with Gasteiger partial charge in [-0.1, -0.05) is 22.0 Å². The SMILES string of the molecule is Cc1ccc(S(C)(=O)=O)cc1NC(=O)CCBr. The molecule has 0 saturated carbocycles. The smallest absolute Gasteiger partial charge is 0.225 e. The molecule has 94 valence electrons. The maximum Gasteiger partial charge on any atom is 0.225 e. The summed E-state index contributed by atoms with van der Waals surface area (Å²) in [4.78, 5) is 11.6. The minimum absolute atomic E-state index is 0.143. The van der Waals surface area contributed by atoms with Gasteiger partial charge in [-0.3, -0.25) is 4.79 Å². The van der Waals surface area contributed by atoms with E-state index in [2.05, 4.69) is 21.2 Å². The van der Waals surface area contributed by atoms with Gasteiger partial charge in [-0.25, -0.2) is 8.42 Å². The van der Waals surface area contributed by atoms with E-state index in [0.717, 1.165) is 11.8 Å². The van der Waals surface area contributed by atoms with Gasteiger partial charge < -0.3 is 5.32 Å². The number of carbonyl (C=O) groups excluding carboxylic acids is 1. The Balaban J connectivity index is 3.03. The normalized spacial score (nSPS) is 11.2. The molecular weight excluding hydrogens is 306 g/mol. The van der Waals surface area contributed by atoms with Crippen LogP contribution >= 0.6 is 15.9 Å². The van der Waals surface area contributed by atoms with E-state index in [9.17, 15) is 13.2 Å². The molecule has 0 aliphatic rings. The largest absolute Gasteiger partial charge is 0.326 e. The first-order valence-corrected chi connectivity index (χ1v) is 8.02. The third-order valence-corrected chi connectivity index (χ3v) is 3.74. The lowest BCUT2D eigenvalue weighted by Gasteiger charge is -2.09. The summed E-state index contributed by atoms with van der Waals surface area (Å²) in [6.07, 6.45) is 1.49. The molecule has 0 unspecified atom stereocenters. The zero-order valence-corrected chi connectivity index (χ0v) is 12.1. The number of carbonyl (C=O) groups is 1. The van der Waals surface area contributed by atoms with Crippen LogP contribution in [0.25, 0.3) is 0 Å². The molecule has 0 heterocycles. The average molecular weight is 320 g/mol. The lowest BCUT2D eigenvalue weighted by molar-refractivity contribution is -0.115. The van der Waals surface area contributed by atoms with Crippen molar-refractivity contribution in [1.29, 1.82) is 0 Å². The molecule has 17 heavy (non-hydrogen) atoms. The quantitative estimate of drug-likeness (QED) is 0.865. The number of alkyl halides is 1. The molecule has 0 fully saturated rings. The van der Waals surface area contributed by atoms with Gasteiger partial charge >= 0.3 is 0 Å². The van der Waals surface area contributed by atoms with Crippen LogP contribution in [0.15, 0.2) is 23.1 Å². The number of amides is 1. The Kier molecular flexibility index (Phi) is 4.70. The first kappa shape index (κ1) is 14.2. The molecule has 0 aliphatic carbocycles. The summed E-state index contributed by atoms with van der Waals surface area (Å²) in [5, 5.41) is 3.26. The van der Waals surface area contributed by atoms with Crippen molar-refractivity contribution in [3.8, 4) is 0 Å². The maximum absolute atomic E-state index is 11.4. The summed E-state index contributed by atoms with van der Waals surface area (Å²) in [6, 6.07) is 4.70. The van der Waals surface area contributed by atoms with Crippen molar-refractivity contribution in [3.63, 3.8) is 0 Å². The highest BCUT2D eigenvalue weighted by Crippen LogP contribution is 2.20. The third kappa shape index (κ3) is 4.12. The summed E-state index contributed by atoms with van der Waals surface area (Å²) >= 11 is 3.17. The van der Waals surface area contributed by atoms with Crippen molar-refractivity contribution in [2.24, 2.45) is 0 Å². The highest BCUT2D eigenvalue weighted by Gasteiger charge is 2.10. The van der Waals surface area contributed by atoms with Crippen molar-refractivity contribution < 1.29 is 13.2 Å². The van der Waals surface area contributed by atoms with E-state index in [0.29, 0.717) is 17.4 Å². The number of rotatable bonds is 4. The molecule has 1 aromatic carbocycles. The monoisotopic (exact) mass is 319 g/mol. The van der Waals surface area contributed by atoms with Gasteiger partial charge in [0.25, 0.3) is 0 Å². The van der Waals surface area contributed by atoms with Crippen molar-refractivity contribution in [3.05, 3.63) is 23.8 Å². The maximum atomic E-state index is 11.4. The van der Waals surface area contributed by atoms with Crippen molar-refractivity contribution >= 4 is 37.4 Å². The van der Waals surface area contributed by atoms with Gasteiger partial charge in [0.15, 0.2) is 9.84 Å². The van der Waals surface area contributed by atoms with Crippen LogP contribution in [0.1, 0.15) is 12.0 Å². The number of nitrogens with one attached hydrogen (secondary N) is 1. The van der Waals surface area contributed by atoms with Gasteiger partial charge in [-0.05, 0) is 24.6 Å². The van der Waals surface area contributed by atoms with E-state index in [1.54, 1.807) is 6.07 Å². The number of hydrogen-bond acceptors (Lipinski definition) is 3. The van der Waals surface area contributed by atoms with Crippen LogP contribution in [0.4, 0.5) is 5.69 Å². The van der Waals surface area contributed by atoms with Crippen LogP contribution in [-0.4, -0.2) is 25.9 Å². The zero-order valence-electron chi connectivity index (χ0n) is 9.66. The Morgan fingerprint density at radius 1 is 1.41 bits per heavy atom. The fourth-order valence-corrected chi connectivity index (χ4v) is 2.27. The molecule has 0 saturated heterocycles. The highest BCUT2D eigenvalue weighted by molar-refractivity contribution is 9.09. The standard InChI is InChI=1S/C11H14BrNO3S/c1-8-3-4-9(17(2,15)16)7-10(8)13-11(14)5-6-12/h3-4,7H,5-6H2,1-2H3,(H,13,14). The van der Waals surface area contributed by atoms with E-state index < -0.39 is 9.84 Å². The van der Waals surface area contributed by atoms with Gasteiger partial charge in [0, 0.05) is 23.7 Å². The predicted molar refractivity (Wildman–Crippen MR) is 71.3 cm³/mol. The molecule has 4 nitrogen and oxygen atoms in total. The number of benzene rings is 1. The molecule has 0 bridgehead atoms. The molecular formula is C11H14BrNO3S. The minimum atomic E-state index is -3.25. The van der Waals surface area contributed by atoms with Crippen LogP contribution in [0.3, 0.4) is 0 Å². The summed E-state index contributed by atoms with van der Waals surface area (Å²) < 4.78 is 22.8. The Morgan fingerprint density at radius 3 is 2.59 bits per heavy atom. The number of aryl methyl sites for hydroxylation is 1. The highest BCUT2D eigenvalue weighted by atomic mass is 79.9. The molecule has 0 aromatic heterocycles. The van der Waals surface area contributed by atoms with Crippen LogP contribution in [0.2, 0.25) is 0 Å². The second kappa shape index (κ2) is 5.64. The Bertz CT molecular complexity index is 526. The summed E-state index contributed by atoms with van der Waals surface area (Å²) in [5.41, 5.74) is 1.37. The predicted octanol–water partition coefficient (Wildman–Crippen LogP) is 2.12. The Morgan fingerprint density at radius 2 is 2.06 bits per heavy atom. The number of sulfone groups is 1. The molecule has 1 aromatic rings. The fourth-order valence-electron chi connectivity index (χ4n) is 1.26. The molecule has 0 atom stereocenters. The molecule has 6 heteroatoms. The van der Waals surface area contributed by atoms with Crippen LogP contribution < -0.4 is 5.32 Å². The number of halogens is 1. The van der Waals surface area contributed by atoms with E-state index in [4.69, 9.17) is 0 Å². The fraction of sp³-hybridized carbons (Fsp3) is 0.364. The lowest BCUT2D eigenvalue weighted by atomic mass is 10.2. The molecule has 0 aliphatic heterocycles. The second-order valence-electron chi connectivity index (χ2n) is 3.74. The van der Waals surface area contributed by atoms with E-state index in [1.807, 2.05) is 6.92 Å².